The number of aromatic nitrogens is 4. The first kappa shape index (κ1) is 18.1. The Bertz CT molecular complexity index is 1200. The molecule has 0 fully saturated rings. The van der Waals surface area contributed by atoms with Crippen molar-refractivity contribution >= 4 is 28.9 Å². The molecule has 0 radical (unpaired) electrons. The van der Waals surface area contributed by atoms with Crippen LogP contribution < -0.4 is 10.9 Å². The van der Waals surface area contributed by atoms with E-state index in [2.05, 4.69) is 31.0 Å². The summed E-state index contributed by atoms with van der Waals surface area (Å²) < 4.78 is 0. The summed E-state index contributed by atoms with van der Waals surface area (Å²) >= 11 is 0. The number of benzene rings is 2. The molecule has 0 saturated carbocycles. The number of hydrogen-bond donors (Lipinski definition) is 3. The highest BCUT2D eigenvalue weighted by Crippen LogP contribution is 2.16. The molecule has 4 aromatic rings. The molecule has 2 aromatic heterocycles. The van der Waals surface area contributed by atoms with E-state index in [-0.39, 0.29) is 5.69 Å². The van der Waals surface area contributed by atoms with Crippen molar-refractivity contribution in [1.82, 2.24) is 31.0 Å². The van der Waals surface area contributed by atoms with Crippen LogP contribution in [-0.2, 0) is 4.79 Å². The summed E-state index contributed by atoms with van der Waals surface area (Å²) in [4.78, 5) is 32.8. The highest BCUT2D eigenvalue weighted by atomic mass is 16.2. The fourth-order valence-electron chi connectivity index (χ4n) is 2.64. The molecule has 8 nitrogen and oxygen atoms in total. The molecule has 0 unspecified atom stereocenters. The van der Waals surface area contributed by atoms with Gasteiger partial charge in [0, 0.05) is 11.6 Å². The van der Waals surface area contributed by atoms with Crippen molar-refractivity contribution in [1.29, 1.82) is 0 Å². The number of carbonyl (C=O) groups excluding carboxylic acids is 2. The van der Waals surface area contributed by atoms with Crippen LogP contribution >= 0.6 is 0 Å². The van der Waals surface area contributed by atoms with Crippen molar-refractivity contribution in [2.24, 2.45) is 0 Å². The van der Waals surface area contributed by atoms with E-state index in [0.29, 0.717) is 11.4 Å². The van der Waals surface area contributed by atoms with E-state index in [1.165, 1.54) is 12.2 Å². The Morgan fingerprint density at radius 2 is 1.69 bits per heavy atom. The third-order valence-electron chi connectivity index (χ3n) is 4.06. The number of aromatic amines is 1. The molecule has 0 aliphatic heterocycles. The number of nitrogens with one attached hydrogen (secondary N) is 3. The van der Waals surface area contributed by atoms with Crippen LogP contribution in [0.5, 0.6) is 0 Å². The summed E-state index contributed by atoms with van der Waals surface area (Å²) in [7, 11) is 0. The largest absolute Gasteiger partial charge is 0.287 e. The molecule has 2 amide bonds. The number of nitrogens with zero attached hydrogens (tertiary/aromatic N) is 3. The molecule has 2 heterocycles. The van der Waals surface area contributed by atoms with Gasteiger partial charge in [-0.2, -0.15) is 5.10 Å². The first-order valence-corrected chi connectivity index (χ1v) is 8.80. The Morgan fingerprint density at radius 1 is 0.931 bits per heavy atom. The van der Waals surface area contributed by atoms with Crippen LogP contribution in [-0.4, -0.2) is 32.0 Å². The molecule has 4 rings (SSSR count). The highest BCUT2D eigenvalue weighted by Gasteiger charge is 2.11. The molecule has 3 N–H and O–H groups in total. The Morgan fingerprint density at radius 3 is 2.52 bits per heavy atom. The number of hydrazine groups is 1. The standard InChI is InChI=1S/C21H16N6O2/c28-20(11-10-15-13-22-16-8-4-5-9-17(16)23-15)26-27-21(29)19-12-18(24-25-19)14-6-2-1-3-7-14/h1-13H,(H,24,25)(H,26,28)(H,27,29)/b11-10+. The van der Waals surface area contributed by atoms with Crippen molar-refractivity contribution in [3.8, 4) is 11.3 Å². The number of para-hydroxylation sites is 2. The number of rotatable bonds is 4. The fraction of sp³-hybridized carbons (Fsp3) is 0. The average Bonchev–Trinajstić information content (AvgIpc) is 3.27. The minimum atomic E-state index is -0.507. The maximum absolute atomic E-state index is 12.2. The van der Waals surface area contributed by atoms with Crippen LogP contribution in [0, 0.1) is 0 Å². The van der Waals surface area contributed by atoms with Gasteiger partial charge in [-0.1, -0.05) is 42.5 Å². The second-order valence-corrected chi connectivity index (χ2v) is 6.09. The maximum atomic E-state index is 12.2. The minimum Gasteiger partial charge on any atom is -0.272 e. The smallest absolute Gasteiger partial charge is 0.272 e. The number of hydrogen-bond acceptors (Lipinski definition) is 5. The van der Waals surface area contributed by atoms with Gasteiger partial charge in [0.05, 0.1) is 28.6 Å². The number of fused-ring (bicyclic) bond motifs is 1. The molecule has 0 saturated heterocycles. The van der Waals surface area contributed by atoms with Crippen LogP contribution in [0.25, 0.3) is 28.4 Å². The van der Waals surface area contributed by atoms with Gasteiger partial charge < -0.3 is 0 Å². The lowest BCUT2D eigenvalue weighted by atomic mass is 10.1. The first-order valence-electron chi connectivity index (χ1n) is 8.80. The van der Waals surface area contributed by atoms with E-state index < -0.39 is 11.8 Å². The number of amides is 2. The normalized spacial score (nSPS) is 10.9. The maximum Gasteiger partial charge on any atom is 0.287 e. The fourth-order valence-corrected chi connectivity index (χ4v) is 2.64. The molecule has 0 aliphatic carbocycles. The van der Waals surface area contributed by atoms with E-state index in [4.69, 9.17) is 0 Å². The molecule has 0 spiro atoms. The zero-order valence-corrected chi connectivity index (χ0v) is 15.2. The zero-order chi connectivity index (χ0) is 20.1. The predicted octanol–water partition coefficient (Wildman–Crippen LogP) is 2.49. The lowest BCUT2D eigenvalue weighted by molar-refractivity contribution is -0.117. The van der Waals surface area contributed by atoms with Gasteiger partial charge >= 0.3 is 0 Å². The molecular formula is C21H16N6O2. The summed E-state index contributed by atoms with van der Waals surface area (Å²) in [6.07, 6.45) is 4.35. The molecule has 8 heteroatoms. The van der Waals surface area contributed by atoms with Gasteiger partial charge in [-0.05, 0) is 24.3 Å². The van der Waals surface area contributed by atoms with Gasteiger partial charge in [-0.25, -0.2) is 4.98 Å². The van der Waals surface area contributed by atoms with Crippen molar-refractivity contribution in [3.63, 3.8) is 0 Å². The Hall–Kier alpha value is -4.33. The average molecular weight is 384 g/mol. The minimum absolute atomic E-state index is 0.230. The van der Waals surface area contributed by atoms with Crippen molar-refractivity contribution in [2.45, 2.75) is 0 Å². The predicted molar refractivity (Wildman–Crippen MR) is 108 cm³/mol. The second-order valence-electron chi connectivity index (χ2n) is 6.09. The lowest BCUT2D eigenvalue weighted by Crippen LogP contribution is -2.40. The van der Waals surface area contributed by atoms with E-state index in [9.17, 15) is 9.59 Å². The summed E-state index contributed by atoms with van der Waals surface area (Å²) in [5.74, 6) is -1.01. The molecule has 2 aromatic carbocycles. The van der Waals surface area contributed by atoms with Crippen molar-refractivity contribution in [3.05, 3.63) is 84.3 Å². The summed E-state index contributed by atoms with van der Waals surface area (Å²) in [5.41, 5.74) is 8.44. The van der Waals surface area contributed by atoms with Gasteiger partial charge in [-0.3, -0.25) is 30.5 Å². The highest BCUT2D eigenvalue weighted by molar-refractivity contribution is 5.97. The quantitative estimate of drug-likeness (QED) is 0.370. The third kappa shape index (κ3) is 4.33. The number of carbonyl (C=O) groups is 2. The van der Waals surface area contributed by atoms with Crippen molar-refractivity contribution in [2.75, 3.05) is 0 Å². The third-order valence-corrected chi connectivity index (χ3v) is 4.06. The first-order chi connectivity index (χ1) is 14.2. The van der Waals surface area contributed by atoms with Crippen LogP contribution in [0.1, 0.15) is 16.2 Å². The summed E-state index contributed by atoms with van der Waals surface area (Å²) in [6, 6.07) is 18.5. The van der Waals surface area contributed by atoms with Crippen molar-refractivity contribution < 1.29 is 9.59 Å². The lowest BCUT2D eigenvalue weighted by Gasteiger charge is -2.03. The zero-order valence-electron chi connectivity index (χ0n) is 15.2. The Balaban J connectivity index is 1.34. The van der Waals surface area contributed by atoms with E-state index in [1.807, 2.05) is 54.6 Å². The Kier molecular flexibility index (Phi) is 5.06. The van der Waals surface area contributed by atoms with Gasteiger partial charge in [0.1, 0.15) is 5.69 Å². The molecule has 0 atom stereocenters. The van der Waals surface area contributed by atoms with E-state index in [1.54, 1.807) is 12.3 Å². The molecule has 29 heavy (non-hydrogen) atoms. The topological polar surface area (TPSA) is 113 Å². The monoisotopic (exact) mass is 384 g/mol. The van der Waals surface area contributed by atoms with Gasteiger partial charge in [-0.15, -0.1) is 0 Å². The number of H-pyrrole nitrogens is 1. The molecule has 0 bridgehead atoms. The SMILES string of the molecule is O=C(/C=C/c1cnc2ccccc2n1)NNC(=O)c1cc(-c2ccccc2)n[nH]1. The molecule has 142 valence electrons. The van der Waals surface area contributed by atoms with Gasteiger partial charge in [0.25, 0.3) is 11.8 Å². The van der Waals surface area contributed by atoms with Gasteiger partial charge in [0.2, 0.25) is 0 Å². The molecule has 0 aliphatic rings. The summed E-state index contributed by atoms with van der Waals surface area (Å²) in [5, 5.41) is 6.76. The van der Waals surface area contributed by atoms with Crippen LogP contribution in [0.3, 0.4) is 0 Å². The van der Waals surface area contributed by atoms with Crippen LogP contribution in [0.2, 0.25) is 0 Å². The van der Waals surface area contributed by atoms with E-state index in [0.717, 1.165) is 16.6 Å². The summed E-state index contributed by atoms with van der Waals surface area (Å²) in [6.45, 7) is 0. The molecular weight excluding hydrogens is 368 g/mol. The van der Waals surface area contributed by atoms with Crippen LogP contribution in [0.4, 0.5) is 0 Å². The van der Waals surface area contributed by atoms with Crippen LogP contribution in [0.15, 0.2) is 72.9 Å². The van der Waals surface area contributed by atoms with Gasteiger partial charge in [0.15, 0.2) is 0 Å². The second kappa shape index (κ2) is 8.13. The van der Waals surface area contributed by atoms with E-state index >= 15 is 0 Å². The Labute approximate surface area is 165 Å².